The van der Waals surface area contributed by atoms with Crippen LogP contribution in [0.2, 0.25) is 0 Å². The van der Waals surface area contributed by atoms with Crippen molar-refractivity contribution < 1.29 is 14.3 Å². The number of furan rings is 1. The van der Waals surface area contributed by atoms with Crippen LogP contribution in [0.25, 0.3) is 39.5 Å². The number of rotatable bonds is 6. The number of hydrogen-bond acceptors (Lipinski definition) is 8. The third kappa shape index (κ3) is 3.77. The first-order chi connectivity index (χ1) is 17.5. The normalized spacial score (nSPS) is 11.4. The van der Waals surface area contributed by atoms with E-state index < -0.39 is 5.97 Å². The lowest BCUT2D eigenvalue weighted by Crippen LogP contribution is -2.05. The molecule has 0 bridgehead atoms. The molecule has 2 aromatic carbocycles. The highest BCUT2D eigenvalue weighted by Crippen LogP contribution is 2.41. The lowest BCUT2D eigenvalue weighted by atomic mass is 10.0. The number of aromatic nitrogens is 7. The fourth-order valence-corrected chi connectivity index (χ4v) is 4.67. The van der Waals surface area contributed by atoms with Gasteiger partial charge in [-0.05, 0) is 45.8 Å². The molecule has 4 aromatic heterocycles. The van der Waals surface area contributed by atoms with Crippen molar-refractivity contribution in [3.05, 3.63) is 76.2 Å². The molecule has 0 spiro atoms. The molecule has 3 N–H and O–H groups in total. The Morgan fingerprint density at radius 1 is 1.17 bits per heavy atom. The van der Waals surface area contributed by atoms with E-state index in [-0.39, 0.29) is 5.69 Å². The van der Waals surface area contributed by atoms with E-state index >= 15 is 0 Å². The summed E-state index contributed by atoms with van der Waals surface area (Å²) in [5.41, 5.74) is 4.03. The van der Waals surface area contributed by atoms with E-state index in [4.69, 9.17) is 4.42 Å². The van der Waals surface area contributed by atoms with Crippen LogP contribution in [0.4, 0.5) is 5.82 Å². The fourth-order valence-electron chi connectivity index (χ4n) is 4.07. The predicted molar refractivity (Wildman–Crippen MR) is 135 cm³/mol. The van der Waals surface area contributed by atoms with Gasteiger partial charge in [0.05, 0.1) is 4.47 Å². The summed E-state index contributed by atoms with van der Waals surface area (Å²) >= 11 is 3.72. The van der Waals surface area contributed by atoms with Gasteiger partial charge in [-0.25, -0.2) is 14.8 Å². The molecule has 0 saturated heterocycles. The van der Waals surface area contributed by atoms with Crippen molar-refractivity contribution in [3.8, 4) is 22.7 Å². The smallest absolute Gasteiger partial charge is 0.356 e. The average Bonchev–Trinajstić information content (AvgIpc) is 3.62. The number of benzene rings is 2. The third-order valence-corrected chi connectivity index (χ3v) is 6.50. The molecule has 0 atom stereocenters. The maximum Gasteiger partial charge on any atom is 0.356 e. The number of nitrogens with one attached hydrogen (secondary N) is 2. The molecule has 0 aliphatic rings. The monoisotopic (exact) mass is 544 g/mol. The number of halogens is 1. The molecule has 6 aromatic rings. The van der Waals surface area contributed by atoms with Crippen LogP contribution in [-0.4, -0.2) is 46.1 Å². The molecule has 0 unspecified atom stereocenters. The Balaban J connectivity index is 1.34. The zero-order valence-electron chi connectivity index (χ0n) is 18.7. The van der Waals surface area contributed by atoms with Gasteiger partial charge in [-0.15, -0.1) is 10.2 Å². The first kappa shape index (κ1) is 21.9. The summed E-state index contributed by atoms with van der Waals surface area (Å²) in [5, 5.41) is 27.9. The maximum atomic E-state index is 11.3. The zero-order valence-corrected chi connectivity index (χ0v) is 20.3. The van der Waals surface area contributed by atoms with Gasteiger partial charge in [-0.2, -0.15) is 5.21 Å². The second kappa shape index (κ2) is 8.57. The van der Waals surface area contributed by atoms with Crippen LogP contribution in [-0.2, 0) is 6.54 Å². The predicted octanol–water partition coefficient (Wildman–Crippen LogP) is 4.70. The van der Waals surface area contributed by atoms with Crippen molar-refractivity contribution in [1.29, 1.82) is 0 Å². The zero-order chi connectivity index (χ0) is 24.8. The quantitative estimate of drug-likeness (QED) is 0.271. The molecule has 0 aliphatic carbocycles. The minimum Gasteiger partial charge on any atom is -0.476 e. The van der Waals surface area contributed by atoms with Crippen LogP contribution < -0.4 is 5.32 Å². The Hall–Kier alpha value is -4.58. The number of carboxylic acid groups (broad SMARTS) is 1. The Morgan fingerprint density at radius 3 is 2.78 bits per heavy atom. The number of aryl methyl sites for hydroxylation is 1. The molecule has 6 rings (SSSR count). The lowest BCUT2D eigenvalue weighted by molar-refractivity contribution is 0.0691. The molecule has 178 valence electrons. The number of nitrogens with zero attached hydrogens (tertiary/aromatic N) is 6. The largest absolute Gasteiger partial charge is 0.476 e. The first-order valence-corrected chi connectivity index (χ1v) is 11.7. The summed E-state index contributed by atoms with van der Waals surface area (Å²) < 4.78 is 8.66. The van der Waals surface area contributed by atoms with Gasteiger partial charge in [0.2, 0.25) is 11.6 Å². The summed E-state index contributed by atoms with van der Waals surface area (Å²) in [5.74, 6) is 1.07. The first-order valence-electron chi connectivity index (χ1n) is 10.9. The van der Waals surface area contributed by atoms with Gasteiger partial charge in [-0.1, -0.05) is 30.3 Å². The number of imidazole rings is 1. The second-order valence-electron chi connectivity index (χ2n) is 8.09. The lowest BCUT2D eigenvalue weighted by Gasteiger charge is -2.10. The van der Waals surface area contributed by atoms with Gasteiger partial charge in [0.1, 0.15) is 17.2 Å². The van der Waals surface area contributed by atoms with E-state index in [0.717, 1.165) is 37.8 Å². The number of aromatic amines is 1. The number of anilines is 1. The third-order valence-electron chi connectivity index (χ3n) is 5.71. The van der Waals surface area contributed by atoms with Gasteiger partial charge < -0.3 is 14.8 Å². The van der Waals surface area contributed by atoms with Gasteiger partial charge >= 0.3 is 5.97 Å². The molecular formula is C24H17BrN8O3. The minimum atomic E-state index is -1.10. The summed E-state index contributed by atoms with van der Waals surface area (Å²) in [6.45, 7) is 2.32. The Morgan fingerprint density at radius 2 is 2.00 bits per heavy atom. The summed E-state index contributed by atoms with van der Waals surface area (Å²) in [6, 6.07) is 15.5. The van der Waals surface area contributed by atoms with Crippen molar-refractivity contribution in [2.45, 2.75) is 13.5 Å². The summed E-state index contributed by atoms with van der Waals surface area (Å²) in [7, 11) is 0. The number of carbonyl (C=O) groups is 1. The number of tetrazole rings is 1. The Bertz CT molecular complexity index is 1760. The number of aromatic carboxylic acids is 1. The molecule has 12 heteroatoms. The SMILES string of the molecule is Cc1cc(NCc2ccc3oc(-c4ccccc4-c4nn[nH]n4)c(Br)c3c2)n2cc(C(=O)O)nc2n1. The molecule has 0 fully saturated rings. The van der Waals surface area contributed by atoms with E-state index in [1.165, 1.54) is 6.20 Å². The van der Waals surface area contributed by atoms with Crippen LogP contribution in [0.5, 0.6) is 0 Å². The van der Waals surface area contributed by atoms with Crippen molar-refractivity contribution >= 4 is 44.5 Å². The highest BCUT2D eigenvalue weighted by Gasteiger charge is 2.19. The number of hydrogen-bond donors (Lipinski definition) is 3. The number of H-pyrrole nitrogens is 1. The maximum absolute atomic E-state index is 11.3. The molecule has 0 aliphatic heterocycles. The van der Waals surface area contributed by atoms with Crippen LogP contribution in [0.3, 0.4) is 0 Å². The fraction of sp³-hybridized carbons (Fsp3) is 0.0833. The Labute approximate surface area is 211 Å². The molecule has 4 heterocycles. The Kier molecular flexibility index (Phi) is 5.22. The van der Waals surface area contributed by atoms with Crippen molar-refractivity contribution in [1.82, 2.24) is 35.0 Å². The van der Waals surface area contributed by atoms with E-state index in [9.17, 15) is 9.90 Å². The van der Waals surface area contributed by atoms with Crippen LogP contribution >= 0.6 is 15.9 Å². The van der Waals surface area contributed by atoms with E-state index in [1.807, 2.05) is 55.5 Å². The highest BCUT2D eigenvalue weighted by atomic mass is 79.9. The topological polar surface area (TPSA) is 147 Å². The van der Waals surface area contributed by atoms with Crippen molar-refractivity contribution in [2.75, 3.05) is 5.32 Å². The summed E-state index contributed by atoms with van der Waals surface area (Å²) in [6.07, 6.45) is 1.45. The van der Waals surface area contributed by atoms with E-state index in [0.29, 0.717) is 29.7 Å². The van der Waals surface area contributed by atoms with Crippen molar-refractivity contribution in [3.63, 3.8) is 0 Å². The molecule has 0 saturated carbocycles. The molecule has 36 heavy (non-hydrogen) atoms. The van der Waals surface area contributed by atoms with Gasteiger partial charge in [-0.3, -0.25) is 4.40 Å². The molecule has 11 nitrogen and oxygen atoms in total. The molecule has 0 amide bonds. The van der Waals surface area contributed by atoms with E-state index in [1.54, 1.807) is 4.40 Å². The summed E-state index contributed by atoms with van der Waals surface area (Å²) in [4.78, 5) is 19.7. The minimum absolute atomic E-state index is 0.0615. The van der Waals surface area contributed by atoms with Crippen LogP contribution in [0.15, 0.2) is 63.6 Å². The van der Waals surface area contributed by atoms with Crippen LogP contribution in [0.1, 0.15) is 21.7 Å². The van der Waals surface area contributed by atoms with Gasteiger partial charge in [0.25, 0.3) is 0 Å². The van der Waals surface area contributed by atoms with E-state index in [2.05, 4.69) is 51.8 Å². The molecule has 0 radical (unpaired) electrons. The van der Waals surface area contributed by atoms with Gasteiger partial charge in [0.15, 0.2) is 5.69 Å². The second-order valence-corrected chi connectivity index (χ2v) is 8.89. The van der Waals surface area contributed by atoms with Crippen LogP contribution in [0, 0.1) is 6.92 Å². The highest BCUT2D eigenvalue weighted by molar-refractivity contribution is 9.10. The standard InChI is InChI=1S/C24H17BrN8O3/c1-12-8-19(33-11-17(23(34)35)28-24(33)27-12)26-10-13-6-7-18-16(9-13)20(25)21(36-18)14-4-2-3-5-15(14)22-29-31-32-30-22/h2-9,11,26H,10H2,1H3,(H,34,35)(H,29,30,31,32). The van der Waals surface area contributed by atoms with Crippen molar-refractivity contribution in [2.24, 2.45) is 0 Å². The molecular weight excluding hydrogens is 528 g/mol. The average molecular weight is 545 g/mol. The van der Waals surface area contributed by atoms with Gasteiger partial charge in [0, 0.05) is 41.0 Å². The number of fused-ring (bicyclic) bond motifs is 2. The number of carboxylic acids is 1.